The lowest BCUT2D eigenvalue weighted by molar-refractivity contribution is 0.0690. The summed E-state index contributed by atoms with van der Waals surface area (Å²) in [6.07, 6.45) is 1.28. The van der Waals surface area contributed by atoms with E-state index in [2.05, 4.69) is 22.2 Å². The van der Waals surface area contributed by atoms with E-state index >= 15 is 0 Å². The zero-order valence-electron chi connectivity index (χ0n) is 11.2. The fourth-order valence-electron chi connectivity index (χ4n) is 1.25. The van der Waals surface area contributed by atoms with Crippen LogP contribution in [0.3, 0.4) is 0 Å². The van der Waals surface area contributed by atoms with Gasteiger partial charge >= 0.3 is 12.0 Å². The summed E-state index contributed by atoms with van der Waals surface area (Å²) < 4.78 is 5.22. The average Bonchev–Trinajstić information content (AvgIpc) is 2.38. The van der Waals surface area contributed by atoms with Gasteiger partial charge in [-0.15, -0.1) is 0 Å². The number of amides is 2. The first-order valence-electron chi connectivity index (χ1n) is 5.95. The molecular weight excluding hydrogens is 262 g/mol. The lowest BCUT2D eigenvalue weighted by atomic mass is 10.3. The molecule has 1 aromatic rings. The van der Waals surface area contributed by atoms with Gasteiger partial charge in [0.1, 0.15) is 5.69 Å². The number of aromatic carboxylic acids is 1. The lowest BCUT2D eigenvalue weighted by Gasteiger charge is -2.08. The lowest BCUT2D eigenvalue weighted by Crippen LogP contribution is -2.31. The third-order valence-corrected chi connectivity index (χ3v) is 2.12. The topological polar surface area (TPSA) is 101 Å². The van der Waals surface area contributed by atoms with Crippen molar-refractivity contribution >= 4 is 17.7 Å². The van der Waals surface area contributed by atoms with Crippen molar-refractivity contribution in [3.8, 4) is 0 Å². The van der Waals surface area contributed by atoms with Crippen LogP contribution < -0.4 is 10.6 Å². The maximum Gasteiger partial charge on any atom is 0.354 e. The van der Waals surface area contributed by atoms with Gasteiger partial charge in [0, 0.05) is 6.54 Å². The summed E-state index contributed by atoms with van der Waals surface area (Å²) in [5, 5.41) is 13.8. The predicted octanol–water partition coefficient (Wildman–Crippen LogP) is 1.49. The minimum absolute atomic E-state index is 0.0795. The molecule has 0 spiro atoms. The molecule has 20 heavy (non-hydrogen) atoms. The first-order valence-corrected chi connectivity index (χ1v) is 5.95. The van der Waals surface area contributed by atoms with Gasteiger partial charge in [-0.2, -0.15) is 0 Å². The summed E-state index contributed by atoms with van der Waals surface area (Å²) in [5.74, 6) is -1.12. The number of aromatic nitrogens is 1. The van der Waals surface area contributed by atoms with Gasteiger partial charge in [0.15, 0.2) is 0 Å². The molecule has 0 aromatic carbocycles. The molecule has 2 amide bonds. The van der Waals surface area contributed by atoms with Crippen LogP contribution in [0.5, 0.6) is 0 Å². The minimum Gasteiger partial charge on any atom is -0.477 e. The molecule has 0 fully saturated rings. The van der Waals surface area contributed by atoms with Crippen LogP contribution in [0.25, 0.3) is 0 Å². The third-order valence-electron chi connectivity index (χ3n) is 2.12. The number of hydrogen-bond donors (Lipinski definition) is 3. The van der Waals surface area contributed by atoms with Gasteiger partial charge in [0.05, 0.1) is 25.1 Å². The van der Waals surface area contributed by atoms with Gasteiger partial charge in [0.2, 0.25) is 0 Å². The zero-order valence-corrected chi connectivity index (χ0v) is 11.2. The molecule has 0 radical (unpaired) electrons. The largest absolute Gasteiger partial charge is 0.477 e. The van der Waals surface area contributed by atoms with Crippen LogP contribution in [0.2, 0.25) is 0 Å². The number of rotatable bonds is 7. The average molecular weight is 279 g/mol. The van der Waals surface area contributed by atoms with Crippen molar-refractivity contribution in [1.82, 2.24) is 10.3 Å². The summed E-state index contributed by atoms with van der Waals surface area (Å²) in [5.41, 5.74) is 1.25. The SMILES string of the molecule is C=C(C)COCCNC(=O)Nc1ccc(C(=O)O)nc1. The normalized spacial score (nSPS) is 9.85. The van der Waals surface area contributed by atoms with Gasteiger partial charge < -0.3 is 20.5 Å². The van der Waals surface area contributed by atoms with E-state index in [0.29, 0.717) is 25.4 Å². The predicted molar refractivity (Wildman–Crippen MR) is 73.9 cm³/mol. The van der Waals surface area contributed by atoms with Crippen LogP contribution >= 0.6 is 0 Å². The molecule has 3 N–H and O–H groups in total. The summed E-state index contributed by atoms with van der Waals surface area (Å²) in [4.78, 5) is 25.8. The number of nitrogens with zero attached hydrogens (tertiary/aromatic N) is 1. The highest BCUT2D eigenvalue weighted by atomic mass is 16.5. The maximum atomic E-state index is 11.5. The van der Waals surface area contributed by atoms with Gasteiger partial charge in [0.25, 0.3) is 0 Å². The van der Waals surface area contributed by atoms with Gasteiger partial charge in [-0.25, -0.2) is 14.6 Å². The zero-order chi connectivity index (χ0) is 15.0. The molecule has 0 bridgehead atoms. The Morgan fingerprint density at radius 2 is 2.20 bits per heavy atom. The van der Waals surface area contributed by atoms with Crippen LogP contribution in [0, 0.1) is 0 Å². The molecule has 7 nitrogen and oxygen atoms in total. The van der Waals surface area contributed by atoms with Gasteiger partial charge in [-0.3, -0.25) is 0 Å². The van der Waals surface area contributed by atoms with Crippen molar-refractivity contribution in [2.24, 2.45) is 0 Å². The van der Waals surface area contributed by atoms with Crippen molar-refractivity contribution in [3.05, 3.63) is 36.2 Å². The molecule has 0 unspecified atom stereocenters. The fourth-order valence-corrected chi connectivity index (χ4v) is 1.25. The number of pyridine rings is 1. The number of carboxylic acids is 1. The van der Waals surface area contributed by atoms with E-state index < -0.39 is 12.0 Å². The number of hydrogen-bond acceptors (Lipinski definition) is 4. The first kappa shape index (κ1) is 15.6. The molecule has 0 aliphatic carbocycles. The van der Waals surface area contributed by atoms with E-state index in [0.717, 1.165) is 5.57 Å². The number of carboxylic acid groups (broad SMARTS) is 1. The van der Waals surface area contributed by atoms with Crippen molar-refractivity contribution in [3.63, 3.8) is 0 Å². The second-order valence-electron chi connectivity index (χ2n) is 4.13. The number of carbonyl (C=O) groups is 2. The summed E-state index contributed by atoms with van der Waals surface area (Å²) in [7, 11) is 0. The van der Waals surface area contributed by atoms with Crippen molar-refractivity contribution in [2.45, 2.75) is 6.92 Å². The van der Waals surface area contributed by atoms with Crippen LogP contribution in [0.15, 0.2) is 30.5 Å². The van der Waals surface area contributed by atoms with Crippen molar-refractivity contribution in [2.75, 3.05) is 25.1 Å². The van der Waals surface area contributed by atoms with E-state index in [1.54, 1.807) is 0 Å². The second kappa shape index (κ2) is 7.90. The Morgan fingerprint density at radius 3 is 2.75 bits per heavy atom. The molecule has 0 atom stereocenters. The summed E-state index contributed by atoms with van der Waals surface area (Å²) in [6, 6.07) is 2.37. The molecule has 0 saturated heterocycles. The van der Waals surface area contributed by atoms with Gasteiger partial charge in [-0.05, 0) is 19.1 Å². The molecule has 0 aliphatic heterocycles. The molecular formula is C13H17N3O4. The molecule has 1 rings (SSSR count). The van der Waals surface area contributed by atoms with Crippen LogP contribution in [0.1, 0.15) is 17.4 Å². The first-order chi connectivity index (χ1) is 9.49. The highest BCUT2D eigenvalue weighted by molar-refractivity contribution is 5.90. The van der Waals surface area contributed by atoms with E-state index in [4.69, 9.17) is 9.84 Å². The quantitative estimate of drug-likeness (QED) is 0.518. The van der Waals surface area contributed by atoms with Crippen LogP contribution in [-0.4, -0.2) is 41.8 Å². The number of urea groups is 1. The van der Waals surface area contributed by atoms with Crippen molar-refractivity contribution in [1.29, 1.82) is 0 Å². The van der Waals surface area contributed by atoms with E-state index in [1.807, 2.05) is 6.92 Å². The van der Waals surface area contributed by atoms with E-state index in [-0.39, 0.29) is 5.69 Å². The smallest absolute Gasteiger partial charge is 0.354 e. The Kier molecular flexibility index (Phi) is 6.18. The number of carbonyl (C=O) groups excluding carboxylic acids is 1. The van der Waals surface area contributed by atoms with E-state index in [9.17, 15) is 9.59 Å². The number of nitrogens with one attached hydrogen (secondary N) is 2. The molecule has 1 heterocycles. The molecule has 0 aliphatic rings. The fraction of sp³-hybridized carbons (Fsp3) is 0.308. The third kappa shape index (κ3) is 5.96. The standard InChI is InChI=1S/C13H17N3O4/c1-9(2)8-20-6-5-14-13(19)16-10-3-4-11(12(17)18)15-7-10/h3-4,7H,1,5-6,8H2,2H3,(H,17,18)(H2,14,16,19). The number of ether oxygens (including phenoxy) is 1. The highest BCUT2D eigenvalue weighted by Crippen LogP contribution is 2.05. The Balaban J connectivity index is 2.28. The summed E-state index contributed by atoms with van der Waals surface area (Å²) >= 11 is 0. The van der Waals surface area contributed by atoms with Crippen LogP contribution in [0.4, 0.5) is 10.5 Å². The van der Waals surface area contributed by atoms with Crippen LogP contribution in [-0.2, 0) is 4.74 Å². The Labute approximate surface area is 116 Å². The molecule has 0 saturated carbocycles. The maximum absolute atomic E-state index is 11.5. The monoisotopic (exact) mass is 279 g/mol. The highest BCUT2D eigenvalue weighted by Gasteiger charge is 2.05. The Bertz CT molecular complexity index is 485. The molecule has 108 valence electrons. The van der Waals surface area contributed by atoms with Crippen molar-refractivity contribution < 1.29 is 19.4 Å². The molecule has 1 aromatic heterocycles. The summed E-state index contributed by atoms with van der Waals surface area (Å²) in [6.45, 7) is 6.75. The molecule has 7 heteroatoms. The number of anilines is 1. The Hall–Kier alpha value is -2.41. The Morgan fingerprint density at radius 1 is 1.45 bits per heavy atom. The minimum atomic E-state index is -1.12. The second-order valence-corrected chi connectivity index (χ2v) is 4.13. The van der Waals surface area contributed by atoms with E-state index in [1.165, 1.54) is 18.3 Å². The van der Waals surface area contributed by atoms with Gasteiger partial charge in [-0.1, -0.05) is 12.2 Å².